The van der Waals surface area contributed by atoms with Crippen molar-refractivity contribution in [3.8, 4) is 0 Å². The summed E-state index contributed by atoms with van der Waals surface area (Å²) < 4.78 is 6.19. The van der Waals surface area contributed by atoms with Gasteiger partial charge in [0.2, 0.25) is 11.8 Å². The van der Waals surface area contributed by atoms with Gasteiger partial charge in [-0.1, -0.05) is 18.2 Å². The third-order valence-corrected chi connectivity index (χ3v) is 7.08. The molecule has 1 aromatic heterocycles. The van der Waals surface area contributed by atoms with Gasteiger partial charge in [0.1, 0.15) is 11.2 Å². The summed E-state index contributed by atoms with van der Waals surface area (Å²) in [6.45, 7) is 5.39. The maximum atomic E-state index is 13.4. The zero-order chi connectivity index (χ0) is 20.4. The lowest BCUT2D eigenvalue weighted by Gasteiger charge is -2.39. The van der Waals surface area contributed by atoms with Crippen LogP contribution >= 0.6 is 0 Å². The fraction of sp³-hybridized carbons (Fsp3) is 0.591. The Morgan fingerprint density at radius 3 is 2.72 bits per heavy atom. The highest BCUT2D eigenvalue weighted by Gasteiger charge is 2.67. The number of aromatic nitrogens is 1. The Morgan fingerprint density at radius 2 is 2.07 bits per heavy atom. The third-order valence-electron chi connectivity index (χ3n) is 7.08. The lowest BCUT2D eigenvalue weighted by atomic mass is 9.76. The fourth-order valence-electron chi connectivity index (χ4n) is 5.45. The first-order valence-electron chi connectivity index (χ1n) is 10.4. The van der Waals surface area contributed by atoms with E-state index in [1.807, 2.05) is 49.1 Å². The summed E-state index contributed by atoms with van der Waals surface area (Å²) in [6.07, 6.45) is 6.15. The third kappa shape index (κ3) is 2.67. The highest BCUT2D eigenvalue weighted by molar-refractivity contribution is 5.93. The van der Waals surface area contributed by atoms with Crippen molar-refractivity contribution in [3.05, 3.63) is 42.2 Å². The van der Waals surface area contributed by atoms with E-state index in [1.54, 1.807) is 11.1 Å². The molecule has 1 N–H and O–H groups in total. The molecular formula is C22H27N3O4. The second-order valence-electron chi connectivity index (χ2n) is 9.03. The van der Waals surface area contributed by atoms with Gasteiger partial charge in [0.05, 0.1) is 30.2 Å². The van der Waals surface area contributed by atoms with Gasteiger partial charge in [0.15, 0.2) is 0 Å². The molecule has 4 aliphatic heterocycles. The molecule has 4 atom stereocenters. The first-order chi connectivity index (χ1) is 13.8. The summed E-state index contributed by atoms with van der Waals surface area (Å²) in [5, 5.41) is 11.0. The Hall–Kier alpha value is -2.25. The molecule has 5 rings (SSSR count). The molecule has 29 heavy (non-hydrogen) atoms. The van der Waals surface area contributed by atoms with Gasteiger partial charge in [0.25, 0.3) is 0 Å². The molecule has 1 aromatic rings. The molecule has 4 unspecified atom stereocenters. The summed E-state index contributed by atoms with van der Waals surface area (Å²) in [6, 6.07) is 5.59. The van der Waals surface area contributed by atoms with E-state index in [9.17, 15) is 14.7 Å². The van der Waals surface area contributed by atoms with Gasteiger partial charge >= 0.3 is 0 Å². The summed E-state index contributed by atoms with van der Waals surface area (Å²) in [7, 11) is 0. The minimum Gasteiger partial charge on any atom is -0.383 e. The number of aliphatic hydroxyl groups is 1. The standard InChI is InChI=1S/C22H27N3O4/c1-14(2)25-13-22-7-6-15(29-22)17(18(22)20(25)27)19(26)24-11-8-21(28,9-12-24)16-5-3-4-10-23-16/h3-7,10,14-15,17-18,28H,8-9,11-13H2,1-2H3. The van der Waals surface area contributed by atoms with Gasteiger partial charge in [-0.05, 0) is 38.8 Å². The molecule has 0 aliphatic carbocycles. The van der Waals surface area contributed by atoms with Crippen LogP contribution in [0, 0.1) is 11.8 Å². The second kappa shape index (κ2) is 6.37. The molecule has 3 fully saturated rings. The molecule has 7 nitrogen and oxygen atoms in total. The van der Waals surface area contributed by atoms with Crippen molar-refractivity contribution in [2.75, 3.05) is 19.6 Å². The lowest BCUT2D eigenvalue weighted by molar-refractivity contribution is -0.147. The molecule has 0 radical (unpaired) electrons. The molecular weight excluding hydrogens is 370 g/mol. The van der Waals surface area contributed by atoms with Crippen molar-refractivity contribution in [2.45, 2.75) is 50.0 Å². The van der Waals surface area contributed by atoms with Crippen LogP contribution in [0.4, 0.5) is 0 Å². The zero-order valence-corrected chi connectivity index (χ0v) is 16.8. The van der Waals surface area contributed by atoms with E-state index in [0.717, 1.165) is 0 Å². The highest BCUT2D eigenvalue weighted by Crippen LogP contribution is 2.53. The number of carbonyl (C=O) groups is 2. The minimum absolute atomic E-state index is 0.0206. The van der Waals surface area contributed by atoms with Crippen LogP contribution in [0.1, 0.15) is 32.4 Å². The lowest BCUT2D eigenvalue weighted by Crippen LogP contribution is -2.51. The number of nitrogens with zero attached hydrogens (tertiary/aromatic N) is 3. The Kier molecular flexibility index (Phi) is 4.12. The predicted octanol–water partition coefficient (Wildman–Crippen LogP) is 1.08. The van der Waals surface area contributed by atoms with Crippen LogP contribution in [-0.2, 0) is 19.9 Å². The van der Waals surface area contributed by atoms with Crippen LogP contribution in [-0.4, -0.2) is 69.1 Å². The quantitative estimate of drug-likeness (QED) is 0.772. The number of fused-ring (bicyclic) bond motifs is 1. The van der Waals surface area contributed by atoms with Crippen LogP contribution in [0.2, 0.25) is 0 Å². The Balaban J connectivity index is 1.33. The molecule has 0 saturated carbocycles. The van der Waals surface area contributed by atoms with Crippen LogP contribution < -0.4 is 0 Å². The van der Waals surface area contributed by atoms with Crippen LogP contribution in [0.15, 0.2) is 36.5 Å². The molecule has 3 saturated heterocycles. The van der Waals surface area contributed by atoms with E-state index in [-0.39, 0.29) is 24.0 Å². The average Bonchev–Trinajstić information content (AvgIpc) is 3.37. The largest absolute Gasteiger partial charge is 0.383 e. The van der Waals surface area contributed by atoms with E-state index in [2.05, 4.69) is 4.98 Å². The number of ether oxygens (including phenoxy) is 1. The number of likely N-dealkylation sites (tertiary alicyclic amines) is 2. The Labute approximate surface area is 170 Å². The van der Waals surface area contributed by atoms with Gasteiger partial charge in [-0.15, -0.1) is 0 Å². The van der Waals surface area contributed by atoms with Gasteiger partial charge in [0, 0.05) is 25.3 Å². The van der Waals surface area contributed by atoms with Gasteiger partial charge in [-0.25, -0.2) is 0 Å². The monoisotopic (exact) mass is 397 g/mol. The first-order valence-corrected chi connectivity index (χ1v) is 10.4. The maximum absolute atomic E-state index is 13.4. The Bertz CT molecular complexity index is 862. The molecule has 4 aliphatic rings. The van der Waals surface area contributed by atoms with Crippen LogP contribution in [0.3, 0.4) is 0 Å². The molecule has 0 aromatic carbocycles. The average molecular weight is 397 g/mol. The summed E-state index contributed by atoms with van der Waals surface area (Å²) in [5.74, 6) is -0.929. The van der Waals surface area contributed by atoms with Crippen molar-refractivity contribution < 1.29 is 19.4 Å². The van der Waals surface area contributed by atoms with E-state index in [4.69, 9.17) is 4.74 Å². The summed E-state index contributed by atoms with van der Waals surface area (Å²) in [4.78, 5) is 34.4. The number of carbonyl (C=O) groups excluding carboxylic acids is 2. The molecule has 2 amide bonds. The van der Waals surface area contributed by atoms with E-state index < -0.39 is 23.0 Å². The topological polar surface area (TPSA) is 83.0 Å². The molecule has 2 bridgehead atoms. The van der Waals surface area contributed by atoms with Crippen LogP contribution in [0.25, 0.3) is 0 Å². The SMILES string of the molecule is CC(C)N1CC23C=CC(O2)C(C(=O)N2CCC(O)(c4ccccn4)CC2)C3C1=O. The number of amides is 2. The number of piperidine rings is 1. The van der Waals surface area contributed by atoms with Crippen molar-refractivity contribution in [2.24, 2.45) is 11.8 Å². The van der Waals surface area contributed by atoms with Crippen molar-refractivity contribution >= 4 is 11.8 Å². The van der Waals surface area contributed by atoms with Gasteiger partial charge < -0.3 is 19.6 Å². The smallest absolute Gasteiger partial charge is 0.230 e. The van der Waals surface area contributed by atoms with Crippen LogP contribution in [0.5, 0.6) is 0 Å². The Morgan fingerprint density at radius 1 is 1.31 bits per heavy atom. The van der Waals surface area contributed by atoms with E-state index in [0.29, 0.717) is 38.2 Å². The van der Waals surface area contributed by atoms with E-state index >= 15 is 0 Å². The van der Waals surface area contributed by atoms with Crippen molar-refractivity contribution in [1.29, 1.82) is 0 Å². The highest BCUT2D eigenvalue weighted by atomic mass is 16.5. The molecule has 7 heteroatoms. The van der Waals surface area contributed by atoms with Gasteiger partial charge in [-0.3, -0.25) is 14.6 Å². The van der Waals surface area contributed by atoms with Crippen molar-refractivity contribution in [1.82, 2.24) is 14.8 Å². The van der Waals surface area contributed by atoms with Gasteiger partial charge in [-0.2, -0.15) is 0 Å². The maximum Gasteiger partial charge on any atom is 0.230 e. The van der Waals surface area contributed by atoms with E-state index in [1.165, 1.54) is 0 Å². The predicted molar refractivity (Wildman–Crippen MR) is 105 cm³/mol. The normalized spacial score (nSPS) is 34.9. The summed E-state index contributed by atoms with van der Waals surface area (Å²) >= 11 is 0. The molecule has 1 spiro atoms. The van der Waals surface area contributed by atoms with Crippen molar-refractivity contribution in [3.63, 3.8) is 0 Å². The first kappa shape index (κ1) is 18.8. The number of hydrogen-bond acceptors (Lipinski definition) is 5. The number of rotatable bonds is 3. The second-order valence-corrected chi connectivity index (χ2v) is 9.03. The molecule has 154 valence electrons. The molecule has 5 heterocycles. The number of hydrogen-bond donors (Lipinski definition) is 1. The zero-order valence-electron chi connectivity index (χ0n) is 16.8. The summed E-state index contributed by atoms with van der Waals surface area (Å²) in [5.41, 5.74) is -1.02. The number of pyridine rings is 1. The fourth-order valence-corrected chi connectivity index (χ4v) is 5.45. The minimum atomic E-state index is -1.01.